The number of carbonyl (C=O) groups excluding carboxylic acids is 2. The molecule has 0 atom stereocenters. The molecule has 1 heterocycles. The zero-order valence-corrected chi connectivity index (χ0v) is 19.8. The third kappa shape index (κ3) is 6.74. The lowest BCUT2D eigenvalue weighted by Crippen LogP contribution is -2.15. The number of halogens is 1. The van der Waals surface area contributed by atoms with E-state index in [0.29, 0.717) is 16.5 Å². The Bertz CT molecular complexity index is 1320. The number of nitrogens with one attached hydrogen (secondary N) is 1. The molecule has 0 bridgehead atoms. The van der Waals surface area contributed by atoms with E-state index in [1.165, 1.54) is 23.5 Å². The number of ether oxygens (including phenoxy) is 2. The Hall–Kier alpha value is -4.04. The molecule has 0 aliphatic heterocycles. The zero-order chi connectivity index (χ0) is 24.6. The molecule has 178 valence electrons. The molecule has 3 aromatic carbocycles. The third-order valence-corrected chi connectivity index (χ3v) is 5.99. The second-order valence-corrected chi connectivity index (χ2v) is 8.70. The van der Waals surface area contributed by atoms with E-state index in [9.17, 15) is 14.0 Å². The van der Waals surface area contributed by atoms with Crippen molar-refractivity contribution in [2.45, 2.75) is 26.6 Å². The van der Waals surface area contributed by atoms with Crippen LogP contribution in [0.4, 0.5) is 10.1 Å². The number of esters is 1. The number of thiazole rings is 1. The number of hydrogen-bond acceptors (Lipinski definition) is 6. The summed E-state index contributed by atoms with van der Waals surface area (Å²) in [5, 5.41) is 5.28. The largest absolute Gasteiger partial charge is 0.488 e. The van der Waals surface area contributed by atoms with Gasteiger partial charge in [0.05, 0.1) is 12.1 Å². The van der Waals surface area contributed by atoms with Gasteiger partial charge in [0.25, 0.3) is 0 Å². The summed E-state index contributed by atoms with van der Waals surface area (Å²) in [5.74, 6) is -0.667. The highest BCUT2D eigenvalue weighted by atomic mass is 32.1. The summed E-state index contributed by atoms with van der Waals surface area (Å²) in [7, 11) is 0. The highest BCUT2D eigenvalue weighted by Gasteiger charge is 2.16. The van der Waals surface area contributed by atoms with E-state index in [4.69, 9.17) is 9.47 Å². The van der Waals surface area contributed by atoms with E-state index in [0.717, 1.165) is 16.8 Å². The molecule has 0 fully saturated rings. The van der Waals surface area contributed by atoms with Crippen molar-refractivity contribution in [1.82, 2.24) is 4.98 Å². The number of para-hydroxylation sites is 2. The summed E-state index contributed by atoms with van der Waals surface area (Å²) in [6, 6.07) is 20.3. The number of aromatic nitrogens is 1. The Labute approximate surface area is 206 Å². The van der Waals surface area contributed by atoms with Crippen molar-refractivity contribution in [3.63, 3.8) is 0 Å². The Morgan fingerprint density at radius 1 is 0.971 bits per heavy atom. The summed E-state index contributed by atoms with van der Waals surface area (Å²) in [6.45, 7) is 2.09. The molecule has 0 saturated carbocycles. The molecule has 0 aliphatic rings. The number of hydrogen-bond donors (Lipinski definition) is 1. The fourth-order valence-electron chi connectivity index (χ4n) is 3.26. The molecule has 4 rings (SSSR count). The van der Waals surface area contributed by atoms with E-state index < -0.39 is 5.97 Å². The van der Waals surface area contributed by atoms with Gasteiger partial charge in [0.2, 0.25) is 5.91 Å². The van der Waals surface area contributed by atoms with Crippen LogP contribution in [0.2, 0.25) is 0 Å². The Kier molecular flexibility index (Phi) is 7.84. The van der Waals surface area contributed by atoms with Gasteiger partial charge >= 0.3 is 5.97 Å². The zero-order valence-electron chi connectivity index (χ0n) is 19.0. The number of aryl methyl sites for hydroxylation is 1. The summed E-state index contributed by atoms with van der Waals surface area (Å²) in [4.78, 5) is 29.4. The van der Waals surface area contributed by atoms with Gasteiger partial charge < -0.3 is 14.8 Å². The van der Waals surface area contributed by atoms with Crippen LogP contribution in [0.3, 0.4) is 0 Å². The highest BCUT2D eigenvalue weighted by Crippen LogP contribution is 2.22. The van der Waals surface area contributed by atoms with Crippen molar-refractivity contribution in [1.29, 1.82) is 0 Å². The van der Waals surface area contributed by atoms with Crippen LogP contribution in [0.25, 0.3) is 0 Å². The lowest BCUT2D eigenvalue weighted by atomic mass is 10.2. The number of anilines is 1. The second-order valence-electron chi connectivity index (χ2n) is 7.76. The first-order chi connectivity index (χ1) is 17.0. The first kappa shape index (κ1) is 24.1. The van der Waals surface area contributed by atoms with Crippen LogP contribution in [0.15, 0.2) is 78.2 Å². The Morgan fingerprint density at radius 3 is 2.51 bits per heavy atom. The average Bonchev–Trinajstić information content (AvgIpc) is 3.31. The van der Waals surface area contributed by atoms with E-state index >= 15 is 0 Å². The van der Waals surface area contributed by atoms with Crippen LogP contribution in [-0.4, -0.2) is 16.9 Å². The van der Waals surface area contributed by atoms with Gasteiger partial charge in [-0.2, -0.15) is 0 Å². The fourth-order valence-corrected chi connectivity index (χ4v) is 4.04. The molecule has 35 heavy (non-hydrogen) atoms. The molecule has 0 spiro atoms. The van der Waals surface area contributed by atoms with E-state index in [2.05, 4.69) is 10.3 Å². The van der Waals surface area contributed by atoms with Crippen molar-refractivity contribution < 1.29 is 23.5 Å². The van der Waals surface area contributed by atoms with Gasteiger partial charge in [0.15, 0.2) is 0 Å². The molecule has 6 nitrogen and oxygen atoms in total. The first-order valence-corrected chi connectivity index (χ1v) is 11.8. The second kappa shape index (κ2) is 11.4. The number of rotatable bonds is 9. The van der Waals surface area contributed by atoms with Gasteiger partial charge in [-0.15, -0.1) is 11.3 Å². The molecule has 1 N–H and O–H groups in total. The van der Waals surface area contributed by atoms with Gasteiger partial charge in [-0.25, -0.2) is 14.2 Å². The molecule has 0 saturated heterocycles. The van der Waals surface area contributed by atoms with Crippen LogP contribution >= 0.6 is 11.3 Å². The normalized spacial score (nSPS) is 10.6. The van der Waals surface area contributed by atoms with Crippen LogP contribution in [0.5, 0.6) is 5.75 Å². The maximum Gasteiger partial charge on any atom is 0.342 e. The van der Waals surface area contributed by atoms with Crippen molar-refractivity contribution >= 4 is 28.9 Å². The van der Waals surface area contributed by atoms with Gasteiger partial charge in [-0.05, 0) is 48.4 Å². The SMILES string of the molecule is Cc1ccccc1NC(=O)Cc1nc(COC(=O)c2ccccc2OCc2ccc(F)cc2)cs1. The minimum Gasteiger partial charge on any atom is -0.488 e. The van der Waals surface area contributed by atoms with E-state index in [1.54, 1.807) is 41.8 Å². The first-order valence-electron chi connectivity index (χ1n) is 10.9. The number of benzene rings is 3. The van der Waals surface area contributed by atoms with Crippen molar-refractivity contribution in [2.24, 2.45) is 0 Å². The average molecular weight is 491 g/mol. The topological polar surface area (TPSA) is 77.5 Å². The lowest BCUT2D eigenvalue weighted by Gasteiger charge is -2.11. The summed E-state index contributed by atoms with van der Waals surface area (Å²) in [6.07, 6.45) is 0.132. The molecule has 4 aromatic rings. The van der Waals surface area contributed by atoms with Crippen molar-refractivity contribution in [2.75, 3.05) is 5.32 Å². The molecule has 8 heteroatoms. The monoisotopic (exact) mass is 490 g/mol. The molecule has 0 unspecified atom stereocenters. The van der Waals surface area contributed by atoms with Gasteiger partial charge in [0, 0.05) is 11.1 Å². The van der Waals surface area contributed by atoms with E-state index in [-0.39, 0.29) is 36.9 Å². The predicted molar refractivity (Wildman–Crippen MR) is 132 cm³/mol. The van der Waals surface area contributed by atoms with E-state index in [1.807, 2.05) is 31.2 Å². The Balaban J connectivity index is 1.31. The standard InChI is InChI=1S/C27H23FN2O4S/c1-18-6-2-4-8-23(18)30-25(31)14-26-29-21(17-35-26)16-34-27(32)22-7-3-5-9-24(22)33-15-19-10-12-20(28)13-11-19/h2-13,17H,14-16H2,1H3,(H,30,31). The quantitative estimate of drug-likeness (QED) is 0.304. The van der Waals surface area contributed by atoms with Crippen molar-refractivity contribution in [3.05, 3.63) is 111 Å². The lowest BCUT2D eigenvalue weighted by molar-refractivity contribution is -0.115. The Morgan fingerprint density at radius 2 is 1.71 bits per heavy atom. The molecule has 0 radical (unpaired) electrons. The van der Waals surface area contributed by atoms with Gasteiger partial charge in [-0.3, -0.25) is 4.79 Å². The molecule has 0 aliphatic carbocycles. The number of amides is 1. The minimum absolute atomic E-state index is 0.0267. The molecular weight excluding hydrogens is 467 g/mol. The fraction of sp³-hybridized carbons (Fsp3) is 0.148. The number of nitrogens with zero attached hydrogens (tertiary/aromatic N) is 1. The van der Waals surface area contributed by atoms with Gasteiger partial charge in [-0.1, -0.05) is 42.5 Å². The summed E-state index contributed by atoms with van der Waals surface area (Å²) in [5.41, 5.74) is 3.36. The molecule has 1 amide bonds. The third-order valence-electron chi connectivity index (χ3n) is 5.10. The molecule has 1 aromatic heterocycles. The maximum absolute atomic E-state index is 13.1. The van der Waals surface area contributed by atoms with Crippen LogP contribution in [0.1, 0.15) is 32.2 Å². The summed E-state index contributed by atoms with van der Waals surface area (Å²) < 4.78 is 24.3. The predicted octanol–water partition coefficient (Wildman–Crippen LogP) is 5.71. The maximum atomic E-state index is 13.1. The molecular formula is C27H23FN2O4S. The summed E-state index contributed by atoms with van der Waals surface area (Å²) >= 11 is 1.34. The van der Waals surface area contributed by atoms with Crippen LogP contribution in [0, 0.1) is 12.7 Å². The minimum atomic E-state index is -0.549. The highest BCUT2D eigenvalue weighted by molar-refractivity contribution is 7.09. The number of carbonyl (C=O) groups is 2. The van der Waals surface area contributed by atoms with Gasteiger partial charge in [0.1, 0.15) is 35.4 Å². The van der Waals surface area contributed by atoms with Crippen LogP contribution < -0.4 is 10.1 Å². The van der Waals surface area contributed by atoms with Crippen molar-refractivity contribution in [3.8, 4) is 5.75 Å². The van der Waals surface area contributed by atoms with Crippen LogP contribution in [-0.2, 0) is 29.2 Å². The smallest absolute Gasteiger partial charge is 0.342 e.